The van der Waals surface area contributed by atoms with Crippen molar-refractivity contribution in [2.75, 3.05) is 39.4 Å². The van der Waals surface area contributed by atoms with Crippen LogP contribution in [0.1, 0.15) is 36.8 Å². The number of carboxylic acid groups (broad SMARTS) is 1. The van der Waals surface area contributed by atoms with Crippen molar-refractivity contribution in [2.24, 2.45) is 11.3 Å². The number of carbonyl (C=O) groups excluding carboxylic acids is 1. The number of carbonyl (C=O) groups is 2. The van der Waals surface area contributed by atoms with Gasteiger partial charge in [0.1, 0.15) is 11.5 Å². The van der Waals surface area contributed by atoms with Crippen LogP contribution in [-0.2, 0) is 27.3 Å². The summed E-state index contributed by atoms with van der Waals surface area (Å²) >= 11 is 0. The van der Waals surface area contributed by atoms with Gasteiger partial charge < -0.3 is 15.2 Å². The smallest absolute Gasteiger partial charge is 0.403 e. The molecule has 0 aliphatic carbocycles. The third-order valence-corrected chi connectivity index (χ3v) is 11.4. The number of nitrogens with one attached hydrogen (secondary N) is 1. The van der Waals surface area contributed by atoms with Gasteiger partial charge in [-0.25, -0.2) is 4.79 Å². The number of hydrogen-bond acceptors (Lipinski definition) is 6. The van der Waals surface area contributed by atoms with E-state index in [0.29, 0.717) is 49.5 Å². The Morgan fingerprint density at radius 3 is 2.09 bits per heavy atom. The molecule has 3 fully saturated rings. The lowest BCUT2D eigenvalue weighted by Gasteiger charge is -2.46. The lowest BCUT2D eigenvalue weighted by atomic mass is 9.76. The number of hydrogen-bond donors (Lipinski definition) is 2. The molecular weight excluding hydrogens is 702 g/mol. The van der Waals surface area contributed by atoms with E-state index in [2.05, 4.69) is 5.32 Å². The molecule has 4 aromatic rings. The number of carboxylic acids is 1. The fourth-order valence-electron chi connectivity index (χ4n) is 8.07. The van der Waals surface area contributed by atoms with Crippen LogP contribution in [-0.4, -0.2) is 95.6 Å². The first-order valence-corrected chi connectivity index (χ1v) is 17.8. The van der Waals surface area contributed by atoms with Crippen LogP contribution in [0.25, 0.3) is 32.8 Å². The van der Waals surface area contributed by atoms with Gasteiger partial charge in [0.15, 0.2) is 0 Å². The number of benzene rings is 3. The van der Waals surface area contributed by atoms with Crippen molar-refractivity contribution >= 4 is 33.4 Å². The third-order valence-electron chi connectivity index (χ3n) is 11.4. The van der Waals surface area contributed by atoms with E-state index in [1.807, 2.05) is 46.2 Å². The number of ether oxygens (including phenoxy) is 1. The van der Waals surface area contributed by atoms with Crippen LogP contribution >= 0.6 is 0 Å². The molecule has 0 radical (unpaired) electrons. The number of likely N-dealkylation sites (tertiary alicyclic amines) is 2. The maximum absolute atomic E-state index is 14.6. The Morgan fingerprint density at radius 2 is 1.47 bits per heavy atom. The van der Waals surface area contributed by atoms with Crippen molar-refractivity contribution in [1.82, 2.24) is 20.1 Å². The van der Waals surface area contributed by atoms with Crippen molar-refractivity contribution in [3.8, 4) is 11.3 Å². The van der Waals surface area contributed by atoms with Crippen molar-refractivity contribution in [3.05, 3.63) is 78.0 Å². The zero-order chi connectivity index (χ0) is 37.5. The molecule has 3 aliphatic heterocycles. The zero-order valence-corrected chi connectivity index (χ0v) is 28.8. The number of nitrogens with zero attached hydrogens (tertiary/aromatic N) is 3. The van der Waals surface area contributed by atoms with Gasteiger partial charge in [-0.2, -0.15) is 26.3 Å². The van der Waals surface area contributed by atoms with Crippen LogP contribution in [0, 0.1) is 11.3 Å². The maximum atomic E-state index is 14.6. The molecule has 7 rings (SSSR count). The molecule has 0 spiro atoms. The monoisotopic (exact) mass is 742 g/mol. The average Bonchev–Trinajstić information content (AvgIpc) is 3.10. The first kappa shape index (κ1) is 37.1. The highest BCUT2D eigenvalue weighted by molar-refractivity contribution is 6.05. The van der Waals surface area contributed by atoms with E-state index < -0.39 is 54.4 Å². The summed E-state index contributed by atoms with van der Waals surface area (Å²) < 4.78 is 88.6. The van der Waals surface area contributed by atoms with E-state index in [0.717, 1.165) is 27.3 Å². The van der Waals surface area contributed by atoms with Gasteiger partial charge in [0.25, 0.3) is 0 Å². The second-order valence-electron chi connectivity index (χ2n) is 14.5. The van der Waals surface area contributed by atoms with E-state index in [9.17, 15) is 41.0 Å². The highest BCUT2D eigenvalue weighted by Crippen LogP contribution is 2.47. The number of amides is 1. The molecule has 3 saturated heterocycles. The summed E-state index contributed by atoms with van der Waals surface area (Å²) in [7, 11) is 0. The Kier molecular flexibility index (Phi) is 10.2. The predicted octanol–water partition coefficient (Wildman–Crippen LogP) is 6.98. The van der Waals surface area contributed by atoms with Crippen LogP contribution in [0.4, 0.5) is 26.3 Å². The normalized spacial score (nSPS) is 20.0. The molecule has 0 unspecified atom stereocenters. The average molecular weight is 743 g/mol. The van der Waals surface area contributed by atoms with Gasteiger partial charge >= 0.3 is 18.3 Å². The SMILES string of the molecule is O=C(O)[C@H](Cc1cccc2c(-c3ncc(CN4CCC(C(F)(F)F)CC4)c4ccccc34)cccc12)NC(=O)C1(C(F)(F)F)CCN(C2COC2)CC1. The van der Waals surface area contributed by atoms with Gasteiger partial charge in [-0.3, -0.25) is 19.6 Å². The molecule has 53 heavy (non-hydrogen) atoms. The fourth-order valence-corrected chi connectivity index (χ4v) is 8.07. The molecule has 282 valence electrons. The Balaban J connectivity index is 1.14. The molecule has 4 heterocycles. The number of aromatic nitrogens is 1. The maximum Gasteiger partial charge on any atom is 0.403 e. The zero-order valence-electron chi connectivity index (χ0n) is 28.8. The van der Waals surface area contributed by atoms with Gasteiger partial charge in [-0.05, 0) is 79.1 Å². The van der Waals surface area contributed by atoms with Gasteiger partial charge in [0.2, 0.25) is 5.91 Å². The van der Waals surface area contributed by atoms with Crippen molar-refractivity contribution in [1.29, 1.82) is 0 Å². The molecular formula is C39H40F6N4O4. The summed E-state index contributed by atoms with van der Waals surface area (Å²) in [4.78, 5) is 34.7. The van der Waals surface area contributed by atoms with Gasteiger partial charge in [-0.1, -0.05) is 60.7 Å². The number of aliphatic carboxylic acids is 1. The summed E-state index contributed by atoms with van der Waals surface area (Å²) in [6, 6.07) is 16.8. The first-order valence-electron chi connectivity index (χ1n) is 17.8. The van der Waals surface area contributed by atoms with E-state index in [-0.39, 0.29) is 38.4 Å². The number of piperidine rings is 2. The number of halogens is 6. The molecule has 14 heteroatoms. The Bertz CT molecular complexity index is 1980. The molecule has 1 amide bonds. The quantitative estimate of drug-likeness (QED) is 0.179. The second-order valence-corrected chi connectivity index (χ2v) is 14.5. The predicted molar refractivity (Wildman–Crippen MR) is 186 cm³/mol. The summed E-state index contributed by atoms with van der Waals surface area (Å²) in [5, 5.41) is 15.6. The van der Waals surface area contributed by atoms with Crippen LogP contribution in [0.3, 0.4) is 0 Å². The number of alkyl halides is 6. The van der Waals surface area contributed by atoms with Crippen molar-refractivity contribution in [3.63, 3.8) is 0 Å². The molecule has 0 saturated carbocycles. The van der Waals surface area contributed by atoms with Crippen LogP contribution in [0.15, 0.2) is 66.9 Å². The molecule has 3 aliphatic rings. The van der Waals surface area contributed by atoms with Gasteiger partial charge in [0, 0.05) is 30.1 Å². The molecule has 1 atom stereocenters. The summed E-state index contributed by atoms with van der Waals surface area (Å²) in [5.41, 5.74) is 0.106. The van der Waals surface area contributed by atoms with Crippen LogP contribution in [0.5, 0.6) is 0 Å². The highest BCUT2D eigenvalue weighted by Gasteiger charge is 2.61. The van der Waals surface area contributed by atoms with Crippen molar-refractivity contribution < 1.29 is 45.8 Å². The molecule has 0 bridgehead atoms. The molecule has 3 aromatic carbocycles. The summed E-state index contributed by atoms with van der Waals surface area (Å²) in [5.74, 6) is -4.07. The van der Waals surface area contributed by atoms with Crippen LogP contribution < -0.4 is 5.32 Å². The lowest BCUT2D eigenvalue weighted by molar-refractivity contribution is -0.236. The number of rotatable bonds is 9. The number of pyridine rings is 1. The van der Waals surface area contributed by atoms with E-state index in [1.54, 1.807) is 30.5 Å². The lowest BCUT2D eigenvalue weighted by Crippen LogP contribution is -2.61. The molecule has 2 N–H and O–H groups in total. The Morgan fingerprint density at radius 1 is 0.849 bits per heavy atom. The Labute approximate surface area is 302 Å². The molecule has 8 nitrogen and oxygen atoms in total. The Hall–Kier alpha value is -4.27. The summed E-state index contributed by atoms with van der Waals surface area (Å²) in [6.45, 7) is 2.08. The van der Waals surface area contributed by atoms with Crippen LogP contribution in [0.2, 0.25) is 0 Å². The first-order chi connectivity index (χ1) is 25.2. The number of fused-ring (bicyclic) bond motifs is 2. The third kappa shape index (κ3) is 7.33. The largest absolute Gasteiger partial charge is 0.480 e. The summed E-state index contributed by atoms with van der Waals surface area (Å²) in [6.07, 6.45) is -8.41. The topological polar surface area (TPSA) is 95.0 Å². The highest BCUT2D eigenvalue weighted by atomic mass is 19.4. The fraction of sp³-hybridized carbons (Fsp3) is 0.462. The van der Waals surface area contributed by atoms with E-state index >= 15 is 0 Å². The minimum atomic E-state index is -4.87. The minimum absolute atomic E-state index is 0.0241. The second kappa shape index (κ2) is 14.5. The molecule has 1 aromatic heterocycles. The minimum Gasteiger partial charge on any atom is -0.480 e. The van der Waals surface area contributed by atoms with E-state index in [1.165, 1.54) is 0 Å². The van der Waals surface area contributed by atoms with Gasteiger partial charge in [-0.15, -0.1) is 0 Å². The van der Waals surface area contributed by atoms with E-state index in [4.69, 9.17) is 9.72 Å². The van der Waals surface area contributed by atoms with Crippen molar-refractivity contribution in [2.45, 2.75) is 63.1 Å². The standard InChI is InChI=1S/C39H40F6N4O4/c40-38(41,42)26-11-15-48(16-12-26)21-25-20-46-34(31-7-2-1-6-29(25)31)32-10-4-8-28-24(5-3-9-30(28)32)19-33(35(50)51)47-36(52)37(39(43,44)45)13-17-49(18-14-37)27-22-53-23-27/h1-10,20,26-27,33H,11-19,21-23H2,(H,47,52)(H,50,51)/t33-/m0/s1. The van der Waals surface area contributed by atoms with Gasteiger partial charge in [0.05, 0.1) is 30.9 Å².